The number of nitrogens with two attached hydrogens (primary N) is 1. The SMILES string of the molecule is N.NC12CC3CC(CC(C3)C1)C2.[Cl-].[Cl-].[OH-].[OH-].[Pt+4]. The van der Waals surface area contributed by atoms with Crippen molar-refractivity contribution in [2.45, 2.75) is 44.1 Å². The van der Waals surface area contributed by atoms with Crippen LogP contribution in [0.4, 0.5) is 0 Å². The summed E-state index contributed by atoms with van der Waals surface area (Å²) in [5.41, 5.74) is 6.62. The molecule has 0 saturated heterocycles. The van der Waals surface area contributed by atoms with Gasteiger partial charge in [-0.2, -0.15) is 0 Å². The van der Waals surface area contributed by atoms with Crippen molar-refractivity contribution in [3.63, 3.8) is 0 Å². The van der Waals surface area contributed by atoms with Crippen LogP contribution in [0.1, 0.15) is 38.5 Å². The summed E-state index contributed by atoms with van der Waals surface area (Å²) in [4.78, 5) is 0. The van der Waals surface area contributed by atoms with Gasteiger partial charge in [0.05, 0.1) is 0 Å². The van der Waals surface area contributed by atoms with Crippen molar-refractivity contribution in [1.29, 1.82) is 0 Å². The molecular formula is C10H22Cl2N2O2Pt. The first kappa shape index (κ1) is 26.6. The van der Waals surface area contributed by atoms with E-state index in [0.29, 0.717) is 5.54 Å². The molecule has 0 aromatic heterocycles. The maximum absolute atomic E-state index is 6.32. The van der Waals surface area contributed by atoms with E-state index in [1.165, 1.54) is 38.5 Å². The Kier molecular flexibility index (Phi) is 14.2. The fourth-order valence-electron chi connectivity index (χ4n) is 4.18. The van der Waals surface area contributed by atoms with Crippen molar-refractivity contribution in [2.24, 2.45) is 23.5 Å². The minimum Gasteiger partial charge on any atom is -1.00 e. The van der Waals surface area contributed by atoms with Gasteiger partial charge in [0.1, 0.15) is 0 Å². The van der Waals surface area contributed by atoms with Crippen molar-refractivity contribution in [1.82, 2.24) is 6.15 Å². The van der Waals surface area contributed by atoms with E-state index < -0.39 is 0 Å². The Morgan fingerprint density at radius 2 is 1.00 bits per heavy atom. The smallest absolute Gasteiger partial charge is 1.00 e. The molecule has 4 nitrogen and oxygen atoms in total. The van der Waals surface area contributed by atoms with Crippen LogP contribution in [0, 0.1) is 17.8 Å². The van der Waals surface area contributed by atoms with Crippen molar-refractivity contribution < 1.29 is 56.8 Å². The van der Waals surface area contributed by atoms with Crippen LogP contribution in [-0.2, 0) is 21.1 Å². The van der Waals surface area contributed by atoms with Crippen LogP contribution >= 0.6 is 0 Å². The molecule has 0 heterocycles. The fourth-order valence-corrected chi connectivity index (χ4v) is 4.18. The molecule has 7 heteroatoms. The molecule has 108 valence electrons. The van der Waals surface area contributed by atoms with Gasteiger partial charge in [0.15, 0.2) is 0 Å². The molecule has 4 rings (SSSR count). The van der Waals surface area contributed by atoms with Gasteiger partial charge >= 0.3 is 21.1 Å². The zero-order valence-electron chi connectivity index (χ0n) is 9.73. The molecule has 0 aromatic carbocycles. The third-order valence-corrected chi connectivity index (χ3v) is 4.09. The normalized spacial score (nSPS) is 39.0. The third-order valence-electron chi connectivity index (χ3n) is 4.09. The van der Waals surface area contributed by atoms with Crippen LogP contribution in [-0.4, -0.2) is 16.5 Å². The second kappa shape index (κ2) is 9.08. The molecule has 4 bridgehead atoms. The molecule has 4 saturated carbocycles. The van der Waals surface area contributed by atoms with Crippen LogP contribution in [0.25, 0.3) is 0 Å². The van der Waals surface area contributed by atoms with Crippen molar-refractivity contribution >= 4 is 0 Å². The van der Waals surface area contributed by atoms with E-state index in [4.69, 9.17) is 5.73 Å². The molecule has 4 fully saturated rings. The predicted molar refractivity (Wildman–Crippen MR) is 54.0 cm³/mol. The van der Waals surface area contributed by atoms with Gasteiger partial charge in [-0.05, 0) is 56.3 Å². The predicted octanol–water partition coefficient (Wildman–Crippen LogP) is -4.27. The van der Waals surface area contributed by atoms with Gasteiger partial charge in [0, 0.05) is 5.54 Å². The van der Waals surface area contributed by atoms with Crippen LogP contribution in [0.2, 0.25) is 0 Å². The summed E-state index contributed by atoms with van der Waals surface area (Å²) in [6.07, 6.45) is 8.57. The minimum absolute atomic E-state index is 0. The van der Waals surface area contributed by atoms with Gasteiger partial charge in [-0.1, -0.05) is 0 Å². The van der Waals surface area contributed by atoms with Crippen LogP contribution in [0.5, 0.6) is 0 Å². The fraction of sp³-hybridized carbons (Fsp3) is 1.00. The molecule has 4 aliphatic carbocycles. The quantitative estimate of drug-likeness (QED) is 0.374. The van der Waals surface area contributed by atoms with Crippen molar-refractivity contribution in [3.05, 3.63) is 0 Å². The van der Waals surface area contributed by atoms with Crippen molar-refractivity contribution in [3.8, 4) is 0 Å². The summed E-state index contributed by atoms with van der Waals surface area (Å²) in [7, 11) is 0. The first-order valence-corrected chi connectivity index (χ1v) is 5.02. The van der Waals surface area contributed by atoms with Crippen LogP contribution < -0.4 is 36.7 Å². The standard InChI is InChI=1S/C10H17N.2ClH.H3N.2H2O.Pt/c11-10-4-7-1-8(5-10)3-9(2-7)6-10;;;;;;/h7-9H,1-6,11H2;2*1H;1H3;2*1H2;/q;;;;;;+4/p-4. The van der Waals surface area contributed by atoms with Crippen LogP contribution in [0.15, 0.2) is 0 Å². The Morgan fingerprint density at radius 3 is 1.18 bits per heavy atom. The Balaban J connectivity index is -0.000000141. The second-order valence-electron chi connectivity index (χ2n) is 5.28. The summed E-state index contributed by atoms with van der Waals surface area (Å²) in [5.74, 6) is 3.06. The summed E-state index contributed by atoms with van der Waals surface area (Å²) in [6, 6.07) is 0. The van der Waals surface area contributed by atoms with Gasteiger partial charge < -0.3 is 47.7 Å². The summed E-state index contributed by atoms with van der Waals surface area (Å²) >= 11 is 0. The zero-order valence-corrected chi connectivity index (χ0v) is 13.5. The van der Waals surface area contributed by atoms with E-state index in [0.717, 1.165) is 17.8 Å². The molecular weight excluding hydrogens is 446 g/mol. The molecule has 0 radical (unpaired) electrons. The topological polar surface area (TPSA) is 121 Å². The van der Waals surface area contributed by atoms with Crippen LogP contribution in [0.3, 0.4) is 0 Å². The number of hydrogen-bond donors (Lipinski definition) is 2. The van der Waals surface area contributed by atoms with Crippen molar-refractivity contribution in [2.75, 3.05) is 0 Å². The molecule has 0 spiro atoms. The minimum atomic E-state index is 0. The van der Waals surface area contributed by atoms with E-state index >= 15 is 0 Å². The average molecular weight is 468 g/mol. The molecule has 7 N–H and O–H groups in total. The zero-order chi connectivity index (χ0) is 7.47. The van der Waals surface area contributed by atoms with E-state index in [1.54, 1.807) is 0 Å². The summed E-state index contributed by atoms with van der Waals surface area (Å²) < 4.78 is 0. The third kappa shape index (κ3) is 4.94. The summed E-state index contributed by atoms with van der Waals surface area (Å²) in [6.45, 7) is 0. The molecule has 0 aliphatic heterocycles. The Hall–Kier alpha value is 1.11. The van der Waals surface area contributed by atoms with Gasteiger partial charge in [-0.3, -0.25) is 0 Å². The molecule has 4 aliphatic rings. The molecule has 0 aromatic rings. The first-order chi connectivity index (χ1) is 5.23. The van der Waals surface area contributed by atoms with Gasteiger partial charge in [-0.25, -0.2) is 0 Å². The van der Waals surface area contributed by atoms with E-state index in [-0.39, 0.29) is 63.0 Å². The number of rotatable bonds is 0. The molecule has 0 atom stereocenters. The maximum Gasteiger partial charge on any atom is 4.00 e. The summed E-state index contributed by atoms with van der Waals surface area (Å²) in [5, 5.41) is 0. The Morgan fingerprint density at radius 1 is 0.765 bits per heavy atom. The average Bonchev–Trinajstić information content (AvgIpc) is 1.79. The Labute approximate surface area is 130 Å². The van der Waals surface area contributed by atoms with E-state index in [1.807, 2.05) is 0 Å². The van der Waals surface area contributed by atoms with Gasteiger partial charge in [-0.15, -0.1) is 0 Å². The molecule has 0 amide bonds. The number of halogens is 2. The maximum atomic E-state index is 6.32. The number of hydrogen-bond acceptors (Lipinski definition) is 4. The van der Waals surface area contributed by atoms with Gasteiger partial charge in [0.2, 0.25) is 0 Å². The van der Waals surface area contributed by atoms with E-state index in [2.05, 4.69) is 0 Å². The monoisotopic (exact) mass is 467 g/mol. The molecule has 0 unspecified atom stereocenters. The largest absolute Gasteiger partial charge is 4.00 e. The molecule has 17 heavy (non-hydrogen) atoms. The Bertz CT molecular complexity index is 175. The second-order valence-corrected chi connectivity index (χ2v) is 5.28. The van der Waals surface area contributed by atoms with Gasteiger partial charge in [0.25, 0.3) is 0 Å². The first-order valence-electron chi connectivity index (χ1n) is 5.02. The van der Waals surface area contributed by atoms with E-state index in [9.17, 15) is 0 Å².